The average Bonchev–Trinajstić information content (AvgIpc) is 2.50. The highest BCUT2D eigenvalue weighted by Crippen LogP contribution is 2.19. The Hall–Kier alpha value is -3.16. The van der Waals surface area contributed by atoms with E-state index in [1.54, 1.807) is 25.1 Å². The Kier molecular flexibility index (Phi) is 4.98. The van der Waals surface area contributed by atoms with Gasteiger partial charge in [0.1, 0.15) is 6.54 Å². The molecule has 8 heteroatoms. The Morgan fingerprint density at radius 2 is 1.83 bits per heavy atom. The minimum absolute atomic E-state index is 0.177. The lowest BCUT2D eigenvalue weighted by Gasteiger charge is -2.11. The molecule has 1 aromatic carbocycles. The molecule has 0 radical (unpaired) electrons. The molecule has 126 valence electrons. The molecule has 0 saturated heterocycles. The second-order valence-corrected chi connectivity index (χ2v) is 5.38. The molecule has 0 aliphatic carbocycles. The molecule has 2 N–H and O–H groups in total. The molecule has 2 aromatic rings. The first kappa shape index (κ1) is 17.2. The Labute approximate surface area is 137 Å². The number of nitrogens with one attached hydrogen (secondary N) is 2. The fourth-order valence-corrected chi connectivity index (χ4v) is 2.16. The monoisotopic (exact) mass is 330 g/mol. The summed E-state index contributed by atoms with van der Waals surface area (Å²) in [6.45, 7) is 3.01. The first-order valence-corrected chi connectivity index (χ1v) is 7.22. The molecule has 0 bridgehead atoms. The number of nitrogens with zero attached hydrogens (tertiary/aromatic N) is 2. The SMILES string of the molecule is CC(=O)Nc1ccc(NC(=O)Cn2ccc(=O)n(C)c2=O)cc1C. The van der Waals surface area contributed by atoms with E-state index in [9.17, 15) is 19.2 Å². The number of carbonyl (C=O) groups is 2. The molecule has 0 aliphatic rings. The summed E-state index contributed by atoms with van der Waals surface area (Å²) < 4.78 is 2.08. The Morgan fingerprint density at radius 3 is 2.46 bits per heavy atom. The predicted octanol–water partition coefficient (Wildman–Crippen LogP) is 0.453. The van der Waals surface area contributed by atoms with Crippen molar-refractivity contribution in [3.63, 3.8) is 0 Å². The van der Waals surface area contributed by atoms with Gasteiger partial charge < -0.3 is 10.6 Å². The third kappa shape index (κ3) is 3.97. The van der Waals surface area contributed by atoms with E-state index < -0.39 is 17.2 Å². The number of rotatable bonds is 4. The number of benzene rings is 1. The van der Waals surface area contributed by atoms with Crippen LogP contribution in [0.25, 0.3) is 0 Å². The third-order valence-electron chi connectivity index (χ3n) is 3.40. The lowest BCUT2D eigenvalue weighted by Crippen LogP contribution is -2.38. The van der Waals surface area contributed by atoms with E-state index in [1.807, 2.05) is 0 Å². The Bertz CT molecular complexity index is 911. The van der Waals surface area contributed by atoms with Gasteiger partial charge in [-0.15, -0.1) is 0 Å². The summed E-state index contributed by atoms with van der Waals surface area (Å²) >= 11 is 0. The summed E-state index contributed by atoms with van der Waals surface area (Å²) in [7, 11) is 1.35. The number of hydrogen-bond donors (Lipinski definition) is 2. The van der Waals surface area contributed by atoms with Gasteiger partial charge in [0.15, 0.2) is 0 Å². The number of carbonyl (C=O) groups excluding carboxylic acids is 2. The first-order chi connectivity index (χ1) is 11.3. The fraction of sp³-hybridized carbons (Fsp3) is 0.250. The van der Waals surface area contributed by atoms with Crippen LogP contribution >= 0.6 is 0 Å². The maximum Gasteiger partial charge on any atom is 0.331 e. The van der Waals surface area contributed by atoms with Crippen LogP contribution in [0.2, 0.25) is 0 Å². The molecule has 8 nitrogen and oxygen atoms in total. The number of aromatic nitrogens is 2. The van der Waals surface area contributed by atoms with Crippen molar-refractivity contribution in [2.75, 3.05) is 10.6 Å². The number of hydrogen-bond acceptors (Lipinski definition) is 4. The van der Waals surface area contributed by atoms with Crippen molar-refractivity contribution in [1.82, 2.24) is 9.13 Å². The van der Waals surface area contributed by atoms with E-state index >= 15 is 0 Å². The zero-order valence-corrected chi connectivity index (χ0v) is 13.6. The normalized spacial score (nSPS) is 10.3. The van der Waals surface area contributed by atoms with E-state index in [0.29, 0.717) is 11.4 Å². The van der Waals surface area contributed by atoms with Gasteiger partial charge in [0.05, 0.1) is 0 Å². The standard InChI is InChI=1S/C16H18N4O4/c1-10-8-12(4-5-13(10)17-11(2)21)18-14(22)9-20-7-6-15(23)19(3)16(20)24/h4-8H,9H2,1-3H3,(H,17,21)(H,18,22). The second kappa shape index (κ2) is 6.95. The topological polar surface area (TPSA) is 102 Å². The van der Waals surface area contributed by atoms with E-state index in [4.69, 9.17) is 0 Å². The summed E-state index contributed by atoms with van der Waals surface area (Å²) in [5.41, 5.74) is 1.01. The van der Waals surface area contributed by atoms with Crippen LogP contribution in [-0.2, 0) is 23.2 Å². The highest BCUT2D eigenvalue weighted by Gasteiger charge is 2.08. The molecule has 0 unspecified atom stereocenters. The van der Waals surface area contributed by atoms with Gasteiger partial charge in [-0.1, -0.05) is 0 Å². The molecule has 0 atom stereocenters. The van der Waals surface area contributed by atoms with Crippen molar-refractivity contribution in [1.29, 1.82) is 0 Å². The van der Waals surface area contributed by atoms with Gasteiger partial charge in [-0.05, 0) is 30.7 Å². The van der Waals surface area contributed by atoms with Crippen molar-refractivity contribution in [3.05, 3.63) is 56.9 Å². The summed E-state index contributed by atoms with van der Waals surface area (Å²) in [4.78, 5) is 46.4. The van der Waals surface area contributed by atoms with Crippen molar-refractivity contribution >= 4 is 23.2 Å². The maximum absolute atomic E-state index is 12.1. The number of aryl methyl sites for hydroxylation is 1. The number of anilines is 2. The first-order valence-electron chi connectivity index (χ1n) is 7.22. The summed E-state index contributed by atoms with van der Waals surface area (Å²) in [6, 6.07) is 6.28. The Morgan fingerprint density at radius 1 is 1.12 bits per heavy atom. The fourth-order valence-electron chi connectivity index (χ4n) is 2.16. The van der Waals surface area contributed by atoms with Gasteiger partial charge in [0.2, 0.25) is 11.8 Å². The molecule has 0 spiro atoms. The van der Waals surface area contributed by atoms with Crippen LogP contribution < -0.4 is 21.9 Å². The van der Waals surface area contributed by atoms with Crippen LogP contribution in [-0.4, -0.2) is 20.9 Å². The van der Waals surface area contributed by atoms with Gasteiger partial charge in [-0.3, -0.25) is 23.5 Å². The molecule has 24 heavy (non-hydrogen) atoms. The molecule has 1 heterocycles. The largest absolute Gasteiger partial charge is 0.331 e. The van der Waals surface area contributed by atoms with E-state index in [0.717, 1.165) is 14.7 Å². The predicted molar refractivity (Wildman–Crippen MR) is 90.1 cm³/mol. The van der Waals surface area contributed by atoms with E-state index in [1.165, 1.54) is 26.2 Å². The molecule has 2 amide bonds. The van der Waals surface area contributed by atoms with Crippen molar-refractivity contribution < 1.29 is 9.59 Å². The number of amides is 2. The van der Waals surface area contributed by atoms with Crippen LogP contribution in [0.15, 0.2) is 40.1 Å². The zero-order valence-electron chi connectivity index (χ0n) is 13.6. The van der Waals surface area contributed by atoms with Gasteiger partial charge in [-0.25, -0.2) is 4.79 Å². The van der Waals surface area contributed by atoms with Crippen molar-refractivity contribution in [2.24, 2.45) is 7.05 Å². The lowest BCUT2D eigenvalue weighted by atomic mass is 10.1. The average molecular weight is 330 g/mol. The van der Waals surface area contributed by atoms with Crippen LogP contribution in [0.5, 0.6) is 0 Å². The third-order valence-corrected chi connectivity index (χ3v) is 3.40. The van der Waals surface area contributed by atoms with E-state index in [2.05, 4.69) is 10.6 Å². The molecular weight excluding hydrogens is 312 g/mol. The summed E-state index contributed by atoms with van der Waals surface area (Å²) in [6.07, 6.45) is 1.29. The van der Waals surface area contributed by atoms with Crippen LogP contribution in [0, 0.1) is 6.92 Å². The molecule has 1 aromatic heterocycles. The Balaban J connectivity index is 2.12. The highest BCUT2D eigenvalue weighted by molar-refractivity contribution is 5.92. The van der Waals surface area contributed by atoms with Gasteiger partial charge in [0, 0.05) is 37.6 Å². The van der Waals surface area contributed by atoms with Crippen LogP contribution in [0.1, 0.15) is 12.5 Å². The van der Waals surface area contributed by atoms with Gasteiger partial charge in [-0.2, -0.15) is 0 Å². The van der Waals surface area contributed by atoms with Crippen molar-refractivity contribution in [3.8, 4) is 0 Å². The molecule has 0 fully saturated rings. The van der Waals surface area contributed by atoms with Gasteiger partial charge >= 0.3 is 5.69 Å². The van der Waals surface area contributed by atoms with Gasteiger partial charge in [0.25, 0.3) is 5.56 Å². The molecule has 2 rings (SSSR count). The zero-order chi connectivity index (χ0) is 17.9. The summed E-state index contributed by atoms with van der Waals surface area (Å²) in [5, 5.41) is 5.36. The lowest BCUT2D eigenvalue weighted by molar-refractivity contribution is -0.117. The summed E-state index contributed by atoms with van der Waals surface area (Å²) in [5.74, 6) is -0.577. The smallest absolute Gasteiger partial charge is 0.326 e. The second-order valence-electron chi connectivity index (χ2n) is 5.38. The molecule has 0 aliphatic heterocycles. The maximum atomic E-state index is 12.1. The quantitative estimate of drug-likeness (QED) is 0.850. The van der Waals surface area contributed by atoms with Crippen LogP contribution in [0.4, 0.5) is 11.4 Å². The van der Waals surface area contributed by atoms with Crippen LogP contribution in [0.3, 0.4) is 0 Å². The molecule has 0 saturated carbocycles. The molecular formula is C16H18N4O4. The van der Waals surface area contributed by atoms with Crippen molar-refractivity contribution in [2.45, 2.75) is 20.4 Å². The van der Waals surface area contributed by atoms with E-state index in [-0.39, 0.29) is 12.5 Å². The highest BCUT2D eigenvalue weighted by atomic mass is 16.2. The minimum Gasteiger partial charge on any atom is -0.326 e. The minimum atomic E-state index is -0.560.